The monoisotopic (exact) mass is 341 g/mol. The number of carbonyl (C=O) groups excluding carboxylic acids is 1. The number of nitrogens with one attached hydrogen (secondary N) is 1. The Labute approximate surface area is 141 Å². The molecule has 4 N–H and O–H groups in total. The molecule has 0 aliphatic carbocycles. The van der Waals surface area contributed by atoms with Crippen molar-refractivity contribution < 1.29 is 14.7 Å². The van der Waals surface area contributed by atoms with Crippen molar-refractivity contribution in [1.29, 1.82) is 0 Å². The van der Waals surface area contributed by atoms with E-state index in [1.807, 2.05) is 20.8 Å². The van der Waals surface area contributed by atoms with Crippen LogP contribution in [-0.4, -0.2) is 34.1 Å². The van der Waals surface area contributed by atoms with Crippen LogP contribution in [0.2, 0.25) is 5.02 Å². The summed E-state index contributed by atoms with van der Waals surface area (Å²) in [4.78, 5) is 24.4. The van der Waals surface area contributed by atoms with Crippen molar-refractivity contribution >= 4 is 29.3 Å². The number of rotatable bonds is 6. The van der Waals surface area contributed by atoms with Gasteiger partial charge in [0.05, 0.1) is 0 Å². The maximum absolute atomic E-state index is 11.9. The molecule has 0 unspecified atom stereocenters. The van der Waals surface area contributed by atoms with Crippen LogP contribution in [-0.2, 0) is 11.3 Å². The molecule has 0 radical (unpaired) electrons. The normalized spacial score (nSPS) is 11.1. The number of nitrogen functional groups attached to an aromatic ring is 1. The number of nitrogens with zero attached hydrogens (tertiary/aromatic N) is 1. The number of halogens is 1. The molecule has 0 aliphatic heterocycles. The molecule has 0 aliphatic rings. The number of nitrogens with two attached hydrogens (primary N) is 1. The van der Waals surface area contributed by atoms with Crippen molar-refractivity contribution in [3.63, 3.8) is 0 Å². The molecule has 2 amide bonds. The summed E-state index contributed by atoms with van der Waals surface area (Å²) in [5.41, 5.74) is 6.66. The van der Waals surface area contributed by atoms with Crippen molar-refractivity contribution in [2.45, 2.75) is 45.7 Å². The summed E-state index contributed by atoms with van der Waals surface area (Å²) in [5, 5.41) is 12.5. The summed E-state index contributed by atoms with van der Waals surface area (Å²) < 4.78 is 0. The van der Waals surface area contributed by atoms with E-state index in [1.54, 1.807) is 18.2 Å². The third kappa shape index (κ3) is 6.36. The van der Waals surface area contributed by atoms with Gasteiger partial charge in [-0.1, -0.05) is 17.7 Å². The van der Waals surface area contributed by atoms with Crippen LogP contribution in [0, 0.1) is 0 Å². The lowest BCUT2D eigenvalue weighted by Crippen LogP contribution is -2.45. The summed E-state index contributed by atoms with van der Waals surface area (Å²) >= 11 is 5.82. The van der Waals surface area contributed by atoms with Crippen LogP contribution in [0.15, 0.2) is 18.2 Å². The lowest BCUT2D eigenvalue weighted by atomic mass is 10.1. The maximum Gasteiger partial charge on any atom is 0.407 e. The molecule has 1 aromatic carbocycles. The molecule has 0 atom stereocenters. The Balaban J connectivity index is 2.41. The van der Waals surface area contributed by atoms with Crippen LogP contribution in [0.4, 0.5) is 10.5 Å². The highest BCUT2D eigenvalue weighted by Gasteiger charge is 2.25. The van der Waals surface area contributed by atoms with Crippen molar-refractivity contribution in [3.8, 4) is 0 Å². The largest absolute Gasteiger partial charge is 0.465 e. The SMILES string of the molecule is CC(C)(C)N(CCCC(=O)NCc1ccc(Cl)cc1N)C(=O)O. The molecule has 0 saturated carbocycles. The Morgan fingerprint density at radius 1 is 1.35 bits per heavy atom. The zero-order valence-electron chi connectivity index (χ0n) is 13.7. The second-order valence-electron chi connectivity index (χ2n) is 6.33. The Bertz CT molecular complexity index is 570. The maximum atomic E-state index is 11.9. The molecule has 23 heavy (non-hydrogen) atoms. The molecule has 6 nitrogen and oxygen atoms in total. The third-order valence-corrected chi connectivity index (χ3v) is 3.65. The average Bonchev–Trinajstić information content (AvgIpc) is 2.40. The minimum absolute atomic E-state index is 0.140. The van der Waals surface area contributed by atoms with Crippen LogP contribution in [0.5, 0.6) is 0 Å². The van der Waals surface area contributed by atoms with E-state index < -0.39 is 11.6 Å². The zero-order valence-corrected chi connectivity index (χ0v) is 14.5. The first-order valence-corrected chi connectivity index (χ1v) is 7.80. The predicted octanol–water partition coefficient (Wildman–Crippen LogP) is 3.10. The first kappa shape index (κ1) is 19.1. The summed E-state index contributed by atoms with van der Waals surface area (Å²) in [6.45, 7) is 6.11. The minimum atomic E-state index is -0.980. The molecule has 0 heterocycles. The second-order valence-corrected chi connectivity index (χ2v) is 6.76. The second kappa shape index (κ2) is 8.06. The molecule has 0 bridgehead atoms. The Morgan fingerprint density at radius 3 is 2.52 bits per heavy atom. The smallest absolute Gasteiger partial charge is 0.407 e. The van der Waals surface area contributed by atoms with E-state index in [9.17, 15) is 14.7 Å². The molecule has 128 valence electrons. The number of hydrogen-bond acceptors (Lipinski definition) is 3. The molecule has 0 saturated heterocycles. The van der Waals surface area contributed by atoms with Crippen LogP contribution in [0.3, 0.4) is 0 Å². The average molecular weight is 342 g/mol. The van der Waals surface area contributed by atoms with Crippen molar-refractivity contribution in [2.75, 3.05) is 12.3 Å². The van der Waals surface area contributed by atoms with Gasteiger partial charge < -0.3 is 21.1 Å². The van der Waals surface area contributed by atoms with Crippen molar-refractivity contribution in [2.24, 2.45) is 0 Å². The Kier molecular flexibility index (Phi) is 6.69. The highest BCUT2D eigenvalue weighted by atomic mass is 35.5. The number of hydrogen-bond donors (Lipinski definition) is 3. The molecule has 0 aromatic heterocycles. The van der Waals surface area contributed by atoms with E-state index in [1.165, 1.54) is 4.90 Å². The molecule has 0 fully saturated rings. The van der Waals surface area contributed by atoms with E-state index in [4.69, 9.17) is 17.3 Å². The summed E-state index contributed by atoms with van der Waals surface area (Å²) in [6.07, 6.45) is -0.259. The highest BCUT2D eigenvalue weighted by molar-refractivity contribution is 6.30. The van der Waals surface area contributed by atoms with Gasteiger partial charge in [-0.25, -0.2) is 4.79 Å². The van der Waals surface area contributed by atoms with E-state index in [-0.39, 0.29) is 12.3 Å². The number of carboxylic acid groups (broad SMARTS) is 1. The van der Waals surface area contributed by atoms with Crippen LogP contribution < -0.4 is 11.1 Å². The fourth-order valence-electron chi connectivity index (χ4n) is 2.12. The van der Waals surface area contributed by atoms with E-state index in [2.05, 4.69) is 5.32 Å². The van der Waals surface area contributed by atoms with E-state index in [0.717, 1.165) is 5.56 Å². The molecule has 1 aromatic rings. The van der Waals surface area contributed by atoms with Crippen LogP contribution in [0.1, 0.15) is 39.2 Å². The van der Waals surface area contributed by atoms with Crippen LogP contribution >= 0.6 is 11.6 Å². The fraction of sp³-hybridized carbons (Fsp3) is 0.500. The highest BCUT2D eigenvalue weighted by Crippen LogP contribution is 2.18. The van der Waals surface area contributed by atoms with Gasteiger partial charge in [0.2, 0.25) is 5.91 Å². The van der Waals surface area contributed by atoms with Crippen molar-refractivity contribution in [3.05, 3.63) is 28.8 Å². The van der Waals surface area contributed by atoms with Gasteiger partial charge in [0.1, 0.15) is 0 Å². The lowest BCUT2D eigenvalue weighted by molar-refractivity contribution is -0.121. The topological polar surface area (TPSA) is 95.7 Å². The Morgan fingerprint density at radius 2 is 2.00 bits per heavy atom. The quantitative estimate of drug-likeness (QED) is 0.693. The van der Waals surface area contributed by atoms with Crippen LogP contribution in [0.25, 0.3) is 0 Å². The molecular weight excluding hydrogens is 318 g/mol. The number of anilines is 1. The number of amides is 2. The number of benzene rings is 1. The fourth-order valence-corrected chi connectivity index (χ4v) is 2.31. The van der Waals surface area contributed by atoms with Gasteiger partial charge in [0.25, 0.3) is 0 Å². The molecule has 1 rings (SSSR count). The van der Waals surface area contributed by atoms with E-state index >= 15 is 0 Å². The first-order chi connectivity index (χ1) is 10.6. The molecule has 0 spiro atoms. The zero-order chi connectivity index (χ0) is 17.6. The predicted molar refractivity (Wildman–Crippen MR) is 91.4 cm³/mol. The van der Waals surface area contributed by atoms with Gasteiger partial charge in [-0.3, -0.25) is 4.79 Å². The van der Waals surface area contributed by atoms with Gasteiger partial charge >= 0.3 is 6.09 Å². The summed E-state index contributed by atoms with van der Waals surface area (Å²) in [7, 11) is 0. The van der Waals surface area contributed by atoms with Gasteiger partial charge in [0, 0.05) is 35.8 Å². The first-order valence-electron chi connectivity index (χ1n) is 7.42. The van der Waals surface area contributed by atoms with Gasteiger partial charge in [0.15, 0.2) is 0 Å². The van der Waals surface area contributed by atoms with Gasteiger partial charge in [-0.2, -0.15) is 0 Å². The van der Waals surface area contributed by atoms with Gasteiger partial charge in [-0.05, 0) is 44.9 Å². The Hall–Kier alpha value is -1.95. The molecular formula is C16H24ClN3O3. The number of carbonyl (C=O) groups is 2. The summed E-state index contributed by atoms with van der Waals surface area (Å²) in [6, 6.07) is 5.12. The van der Waals surface area contributed by atoms with Gasteiger partial charge in [-0.15, -0.1) is 0 Å². The molecule has 7 heteroatoms. The summed E-state index contributed by atoms with van der Waals surface area (Å²) in [5.74, 6) is -0.140. The van der Waals surface area contributed by atoms with Crippen molar-refractivity contribution in [1.82, 2.24) is 10.2 Å². The standard InChI is InChI=1S/C16H24ClN3O3/c1-16(2,3)20(15(22)23)8-4-5-14(21)19-10-11-6-7-12(17)9-13(11)18/h6-7,9H,4-5,8,10,18H2,1-3H3,(H,19,21)(H,22,23). The lowest BCUT2D eigenvalue weighted by Gasteiger charge is -2.33. The van der Waals surface area contributed by atoms with E-state index in [0.29, 0.717) is 30.2 Å². The minimum Gasteiger partial charge on any atom is -0.465 e. The third-order valence-electron chi connectivity index (χ3n) is 3.41.